The topological polar surface area (TPSA) is 83.8 Å². The second-order valence-corrected chi connectivity index (χ2v) is 6.18. The van der Waals surface area contributed by atoms with Crippen LogP contribution in [0.25, 0.3) is 0 Å². The summed E-state index contributed by atoms with van der Waals surface area (Å²) in [5.41, 5.74) is -2.12. The number of hydrogen-bond donors (Lipinski definition) is 2. The fourth-order valence-corrected chi connectivity index (χ4v) is 3.10. The number of benzene rings is 1. The van der Waals surface area contributed by atoms with E-state index in [4.69, 9.17) is 16.3 Å². The normalized spacial score (nSPS) is 27.4. The third kappa shape index (κ3) is 2.57. The standard InChI is InChI=1S/C16H17ClO5/c1-15(13(18)19)6-3-7-16(9-15,14(20)21)10-4-5-12(22-2)11(17)8-10/h3-5,7-8H,6,9H2,1-2H3,(H,18,19)(H,20,21). The summed E-state index contributed by atoms with van der Waals surface area (Å²) in [6, 6.07) is 4.71. The number of carboxylic acid groups (broad SMARTS) is 2. The van der Waals surface area contributed by atoms with Gasteiger partial charge in [0.2, 0.25) is 0 Å². The van der Waals surface area contributed by atoms with E-state index in [1.54, 1.807) is 31.2 Å². The van der Waals surface area contributed by atoms with Gasteiger partial charge in [-0.25, -0.2) is 0 Å². The van der Waals surface area contributed by atoms with Crippen molar-refractivity contribution in [3.05, 3.63) is 40.9 Å². The van der Waals surface area contributed by atoms with Crippen LogP contribution in [0.15, 0.2) is 30.4 Å². The zero-order valence-corrected chi connectivity index (χ0v) is 13.1. The molecule has 2 unspecified atom stereocenters. The lowest BCUT2D eigenvalue weighted by Gasteiger charge is -2.38. The fourth-order valence-electron chi connectivity index (χ4n) is 2.84. The summed E-state index contributed by atoms with van der Waals surface area (Å²) < 4.78 is 5.07. The van der Waals surface area contributed by atoms with Gasteiger partial charge >= 0.3 is 11.9 Å². The molecule has 0 amide bonds. The number of allylic oxidation sites excluding steroid dienone is 1. The van der Waals surface area contributed by atoms with Gasteiger partial charge in [-0.2, -0.15) is 0 Å². The SMILES string of the molecule is COc1ccc(C2(C(=O)O)C=CCC(C)(C(=O)O)C2)cc1Cl. The van der Waals surface area contributed by atoms with Crippen molar-refractivity contribution in [2.24, 2.45) is 5.41 Å². The van der Waals surface area contributed by atoms with E-state index in [2.05, 4.69) is 0 Å². The summed E-state index contributed by atoms with van der Waals surface area (Å²) in [6.07, 6.45) is 3.42. The molecule has 0 heterocycles. The first-order valence-electron chi connectivity index (χ1n) is 6.74. The number of rotatable bonds is 4. The Labute approximate surface area is 133 Å². The Hall–Kier alpha value is -2.01. The van der Waals surface area contributed by atoms with Crippen LogP contribution in [0.2, 0.25) is 5.02 Å². The quantitative estimate of drug-likeness (QED) is 0.831. The molecule has 0 radical (unpaired) electrons. The third-order valence-electron chi connectivity index (χ3n) is 4.20. The Kier molecular flexibility index (Phi) is 4.20. The van der Waals surface area contributed by atoms with Gasteiger partial charge in [0.1, 0.15) is 11.2 Å². The second-order valence-electron chi connectivity index (χ2n) is 5.77. The first-order valence-corrected chi connectivity index (χ1v) is 7.11. The van der Waals surface area contributed by atoms with Gasteiger partial charge in [0, 0.05) is 0 Å². The van der Waals surface area contributed by atoms with Gasteiger partial charge < -0.3 is 14.9 Å². The van der Waals surface area contributed by atoms with Gasteiger partial charge in [-0.15, -0.1) is 0 Å². The molecule has 1 aromatic rings. The molecule has 1 aromatic carbocycles. The molecule has 118 valence electrons. The van der Waals surface area contributed by atoms with Crippen molar-refractivity contribution >= 4 is 23.5 Å². The lowest BCUT2D eigenvalue weighted by atomic mass is 9.63. The van der Waals surface area contributed by atoms with E-state index >= 15 is 0 Å². The molecule has 2 rings (SSSR count). The minimum absolute atomic E-state index is 0.0379. The van der Waals surface area contributed by atoms with Crippen molar-refractivity contribution in [2.75, 3.05) is 7.11 Å². The monoisotopic (exact) mass is 324 g/mol. The molecular formula is C16H17ClO5. The number of halogens is 1. The summed E-state index contributed by atoms with van der Waals surface area (Å²) in [5.74, 6) is -1.68. The molecule has 0 spiro atoms. The Morgan fingerprint density at radius 3 is 2.45 bits per heavy atom. The molecule has 0 saturated carbocycles. The van der Waals surface area contributed by atoms with Crippen molar-refractivity contribution in [3.63, 3.8) is 0 Å². The van der Waals surface area contributed by atoms with E-state index in [1.165, 1.54) is 13.2 Å². The second kappa shape index (κ2) is 5.65. The molecular weight excluding hydrogens is 308 g/mol. The highest BCUT2D eigenvalue weighted by Crippen LogP contribution is 2.46. The molecule has 0 aliphatic heterocycles. The average molecular weight is 325 g/mol. The maximum atomic E-state index is 11.9. The smallest absolute Gasteiger partial charge is 0.318 e. The van der Waals surface area contributed by atoms with E-state index in [9.17, 15) is 19.8 Å². The number of aliphatic carboxylic acids is 2. The molecule has 2 N–H and O–H groups in total. The third-order valence-corrected chi connectivity index (χ3v) is 4.50. The van der Waals surface area contributed by atoms with Gasteiger partial charge in [0.25, 0.3) is 0 Å². The fraction of sp³-hybridized carbons (Fsp3) is 0.375. The maximum Gasteiger partial charge on any atom is 0.318 e. The minimum atomic E-state index is -1.42. The summed E-state index contributed by atoms with van der Waals surface area (Å²) >= 11 is 6.09. The highest BCUT2D eigenvalue weighted by atomic mass is 35.5. The predicted molar refractivity (Wildman–Crippen MR) is 81.4 cm³/mol. The Balaban J connectivity index is 2.57. The zero-order valence-electron chi connectivity index (χ0n) is 12.3. The number of ether oxygens (including phenoxy) is 1. The van der Waals surface area contributed by atoms with Crippen LogP contribution in [0, 0.1) is 5.41 Å². The van der Waals surface area contributed by atoms with Crippen molar-refractivity contribution in [2.45, 2.75) is 25.2 Å². The zero-order chi connectivity index (χ0) is 16.5. The first-order chi connectivity index (χ1) is 10.2. The van der Waals surface area contributed by atoms with Crippen LogP contribution in [0.1, 0.15) is 25.3 Å². The first kappa shape index (κ1) is 16.4. The molecule has 1 aliphatic carbocycles. The Morgan fingerprint density at radius 1 is 1.27 bits per heavy atom. The van der Waals surface area contributed by atoms with Crippen molar-refractivity contribution < 1.29 is 24.5 Å². The van der Waals surface area contributed by atoms with Gasteiger partial charge in [0.15, 0.2) is 0 Å². The Morgan fingerprint density at radius 2 is 1.95 bits per heavy atom. The van der Waals surface area contributed by atoms with Gasteiger partial charge in [0.05, 0.1) is 17.5 Å². The molecule has 22 heavy (non-hydrogen) atoms. The average Bonchev–Trinajstić information content (AvgIpc) is 2.46. The van der Waals surface area contributed by atoms with Crippen LogP contribution in [-0.2, 0) is 15.0 Å². The molecule has 5 nitrogen and oxygen atoms in total. The van der Waals surface area contributed by atoms with Crippen molar-refractivity contribution in [1.29, 1.82) is 0 Å². The molecule has 0 saturated heterocycles. The van der Waals surface area contributed by atoms with Crippen LogP contribution in [0.3, 0.4) is 0 Å². The highest BCUT2D eigenvalue weighted by molar-refractivity contribution is 6.32. The van der Waals surface area contributed by atoms with Gasteiger partial charge in [-0.3, -0.25) is 9.59 Å². The Bertz CT molecular complexity index is 654. The molecule has 0 fully saturated rings. The number of carboxylic acids is 2. The van der Waals surface area contributed by atoms with E-state index in [0.717, 1.165) is 0 Å². The van der Waals surface area contributed by atoms with Crippen LogP contribution in [-0.4, -0.2) is 29.3 Å². The van der Waals surface area contributed by atoms with E-state index in [0.29, 0.717) is 17.7 Å². The van der Waals surface area contributed by atoms with Crippen LogP contribution in [0.5, 0.6) is 5.75 Å². The van der Waals surface area contributed by atoms with E-state index in [1.807, 2.05) is 0 Å². The van der Waals surface area contributed by atoms with Crippen LogP contribution < -0.4 is 4.74 Å². The summed E-state index contributed by atoms with van der Waals surface area (Å²) in [6.45, 7) is 1.56. The van der Waals surface area contributed by atoms with Gasteiger partial charge in [-0.1, -0.05) is 29.8 Å². The minimum Gasteiger partial charge on any atom is -0.495 e. The lowest BCUT2D eigenvalue weighted by molar-refractivity contribution is -0.152. The number of carbonyl (C=O) groups is 2. The van der Waals surface area contributed by atoms with E-state index < -0.39 is 22.8 Å². The maximum absolute atomic E-state index is 11.9. The predicted octanol–water partition coefficient (Wildman–Crippen LogP) is 3.11. The molecule has 2 atom stereocenters. The molecule has 1 aliphatic rings. The molecule has 0 bridgehead atoms. The van der Waals surface area contributed by atoms with Crippen molar-refractivity contribution in [3.8, 4) is 5.75 Å². The molecule has 0 aromatic heterocycles. The largest absolute Gasteiger partial charge is 0.495 e. The number of hydrogen-bond acceptors (Lipinski definition) is 3. The summed E-state index contributed by atoms with van der Waals surface area (Å²) in [4.78, 5) is 23.4. The van der Waals surface area contributed by atoms with Crippen LogP contribution in [0.4, 0.5) is 0 Å². The van der Waals surface area contributed by atoms with Gasteiger partial charge in [-0.05, 0) is 37.5 Å². The highest BCUT2D eigenvalue weighted by Gasteiger charge is 2.49. The number of methoxy groups -OCH3 is 1. The summed E-state index contributed by atoms with van der Waals surface area (Å²) in [5, 5.41) is 19.5. The van der Waals surface area contributed by atoms with Crippen molar-refractivity contribution in [1.82, 2.24) is 0 Å². The summed E-state index contributed by atoms with van der Waals surface area (Å²) in [7, 11) is 1.47. The van der Waals surface area contributed by atoms with Crippen LogP contribution >= 0.6 is 11.6 Å². The lowest BCUT2D eigenvalue weighted by Crippen LogP contribution is -2.44. The molecule has 6 heteroatoms. The van der Waals surface area contributed by atoms with E-state index in [-0.39, 0.29) is 11.4 Å².